The molecule has 0 fully saturated rings. The van der Waals surface area contributed by atoms with Crippen LogP contribution in [0.2, 0.25) is 0 Å². The van der Waals surface area contributed by atoms with Crippen LogP contribution in [-0.4, -0.2) is 18.1 Å². The summed E-state index contributed by atoms with van der Waals surface area (Å²) in [5.74, 6) is 0.894. The molecular formula is C17H21N3O. The van der Waals surface area contributed by atoms with Crippen molar-refractivity contribution in [1.29, 1.82) is 0 Å². The van der Waals surface area contributed by atoms with E-state index in [9.17, 15) is 0 Å². The van der Waals surface area contributed by atoms with Crippen molar-refractivity contribution >= 4 is 17.3 Å². The Labute approximate surface area is 125 Å². The van der Waals surface area contributed by atoms with Crippen LogP contribution >= 0.6 is 0 Å². The van der Waals surface area contributed by atoms with Crippen LogP contribution in [0.1, 0.15) is 30.4 Å². The van der Waals surface area contributed by atoms with Crippen LogP contribution in [0.25, 0.3) is 5.57 Å². The predicted molar refractivity (Wildman–Crippen MR) is 86.3 cm³/mol. The Morgan fingerprint density at radius 3 is 2.48 bits per heavy atom. The molecule has 0 unspecified atom stereocenters. The van der Waals surface area contributed by atoms with Crippen molar-refractivity contribution < 1.29 is 4.42 Å². The second kappa shape index (κ2) is 5.28. The molecular weight excluding hydrogens is 262 g/mol. The number of oxazole rings is 1. The van der Waals surface area contributed by atoms with Gasteiger partial charge in [0.05, 0.1) is 5.69 Å². The van der Waals surface area contributed by atoms with Crippen LogP contribution in [0.15, 0.2) is 34.3 Å². The highest BCUT2D eigenvalue weighted by Gasteiger charge is 2.22. The lowest BCUT2D eigenvalue weighted by Gasteiger charge is -2.29. The predicted octanol–water partition coefficient (Wildman–Crippen LogP) is 3.56. The largest absolute Gasteiger partial charge is 0.429 e. The van der Waals surface area contributed by atoms with E-state index < -0.39 is 0 Å². The molecule has 1 aromatic carbocycles. The highest BCUT2D eigenvalue weighted by atomic mass is 16.4. The van der Waals surface area contributed by atoms with Crippen molar-refractivity contribution in [3.8, 4) is 0 Å². The molecule has 4 heteroatoms. The van der Waals surface area contributed by atoms with E-state index in [1.807, 2.05) is 26.0 Å². The summed E-state index contributed by atoms with van der Waals surface area (Å²) in [6.45, 7) is 7.92. The Morgan fingerprint density at radius 2 is 1.86 bits per heavy atom. The van der Waals surface area contributed by atoms with Gasteiger partial charge in [0.1, 0.15) is 5.76 Å². The summed E-state index contributed by atoms with van der Waals surface area (Å²) in [4.78, 5) is 6.72. The Balaban J connectivity index is 1.89. The van der Waals surface area contributed by atoms with Gasteiger partial charge in [-0.15, -0.1) is 0 Å². The lowest BCUT2D eigenvalue weighted by molar-refractivity contribution is 0.511. The third kappa shape index (κ3) is 2.66. The number of aromatic nitrogens is 1. The topological polar surface area (TPSA) is 55.3 Å². The maximum absolute atomic E-state index is 5.78. The van der Waals surface area contributed by atoms with Crippen LogP contribution in [-0.2, 0) is 0 Å². The summed E-state index contributed by atoms with van der Waals surface area (Å²) in [5, 5.41) is 0. The summed E-state index contributed by atoms with van der Waals surface area (Å²) < 4.78 is 5.76. The van der Waals surface area contributed by atoms with Gasteiger partial charge in [-0.25, -0.2) is 0 Å². The SMILES string of the molecule is CC1=C(c2ccc(N)cc2)CN(c2nc(C)c(C)o2)CC1. The van der Waals surface area contributed by atoms with E-state index in [2.05, 4.69) is 28.9 Å². The van der Waals surface area contributed by atoms with E-state index in [1.165, 1.54) is 16.7 Å². The quantitative estimate of drug-likeness (QED) is 0.856. The Hall–Kier alpha value is -2.23. The lowest BCUT2D eigenvalue weighted by atomic mass is 9.95. The number of aryl methyl sites for hydroxylation is 2. The monoisotopic (exact) mass is 283 g/mol. The first-order chi connectivity index (χ1) is 10.0. The molecule has 2 aromatic rings. The molecule has 3 rings (SSSR count). The average molecular weight is 283 g/mol. The maximum Gasteiger partial charge on any atom is 0.297 e. The minimum Gasteiger partial charge on any atom is -0.429 e. The van der Waals surface area contributed by atoms with Gasteiger partial charge < -0.3 is 15.1 Å². The van der Waals surface area contributed by atoms with Crippen LogP contribution < -0.4 is 10.6 Å². The van der Waals surface area contributed by atoms with E-state index >= 15 is 0 Å². The molecule has 21 heavy (non-hydrogen) atoms. The Morgan fingerprint density at radius 1 is 1.14 bits per heavy atom. The number of nitrogens with two attached hydrogens (primary N) is 1. The van der Waals surface area contributed by atoms with Gasteiger partial charge in [0.25, 0.3) is 6.01 Å². The number of hydrogen-bond acceptors (Lipinski definition) is 4. The highest BCUT2D eigenvalue weighted by molar-refractivity contribution is 5.74. The third-order valence-corrected chi connectivity index (χ3v) is 4.17. The van der Waals surface area contributed by atoms with Crippen LogP contribution in [0.5, 0.6) is 0 Å². The second-order valence-corrected chi connectivity index (χ2v) is 5.69. The molecule has 4 nitrogen and oxygen atoms in total. The molecule has 0 bridgehead atoms. The molecule has 0 aliphatic carbocycles. The smallest absolute Gasteiger partial charge is 0.297 e. The zero-order valence-electron chi connectivity index (χ0n) is 12.8. The van der Waals surface area contributed by atoms with Gasteiger partial charge in [0, 0.05) is 18.8 Å². The number of nitrogen functional groups attached to an aromatic ring is 1. The molecule has 1 aliphatic heterocycles. The Bertz CT molecular complexity index is 663. The molecule has 1 aromatic heterocycles. The first-order valence-corrected chi connectivity index (χ1v) is 7.28. The van der Waals surface area contributed by atoms with Gasteiger partial charge in [-0.3, -0.25) is 0 Å². The van der Waals surface area contributed by atoms with Crippen molar-refractivity contribution in [2.75, 3.05) is 23.7 Å². The summed E-state index contributed by atoms with van der Waals surface area (Å²) in [7, 11) is 0. The third-order valence-electron chi connectivity index (χ3n) is 4.17. The lowest BCUT2D eigenvalue weighted by Crippen LogP contribution is -2.31. The van der Waals surface area contributed by atoms with Gasteiger partial charge >= 0.3 is 0 Å². The minimum atomic E-state index is 0.727. The summed E-state index contributed by atoms with van der Waals surface area (Å²) in [6, 6.07) is 8.81. The number of nitrogens with zero attached hydrogens (tertiary/aromatic N) is 2. The fourth-order valence-electron chi connectivity index (χ4n) is 2.63. The molecule has 1 aliphatic rings. The van der Waals surface area contributed by atoms with Crippen LogP contribution in [0.4, 0.5) is 11.7 Å². The van der Waals surface area contributed by atoms with Gasteiger partial charge in [-0.2, -0.15) is 4.98 Å². The molecule has 2 N–H and O–H groups in total. The van der Waals surface area contributed by atoms with Gasteiger partial charge in [0.15, 0.2) is 0 Å². The summed E-state index contributed by atoms with van der Waals surface area (Å²) in [6.07, 6.45) is 1.03. The molecule has 2 heterocycles. The first-order valence-electron chi connectivity index (χ1n) is 7.28. The van der Waals surface area contributed by atoms with Gasteiger partial charge in [-0.1, -0.05) is 17.7 Å². The minimum absolute atomic E-state index is 0.727. The summed E-state index contributed by atoms with van der Waals surface area (Å²) >= 11 is 0. The first kappa shape index (κ1) is 13.7. The average Bonchev–Trinajstić information content (AvgIpc) is 2.80. The highest BCUT2D eigenvalue weighted by Crippen LogP contribution is 2.30. The fourth-order valence-corrected chi connectivity index (χ4v) is 2.63. The molecule has 110 valence electrons. The van der Waals surface area contributed by atoms with E-state index in [4.69, 9.17) is 10.2 Å². The van der Waals surface area contributed by atoms with Crippen molar-refractivity contribution in [3.05, 3.63) is 46.9 Å². The molecule has 0 atom stereocenters. The van der Waals surface area contributed by atoms with Crippen molar-refractivity contribution in [3.63, 3.8) is 0 Å². The molecule has 0 amide bonds. The van der Waals surface area contributed by atoms with Crippen LogP contribution in [0.3, 0.4) is 0 Å². The molecule has 0 radical (unpaired) electrons. The zero-order valence-corrected chi connectivity index (χ0v) is 12.8. The van der Waals surface area contributed by atoms with Crippen molar-refractivity contribution in [1.82, 2.24) is 4.98 Å². The van der Waals surface area contributed by atoms with Crippen LogP contribution in [0, 0.1) is 13.8 Å². The number of benzene rings is 1. The molecule has 0 saturated carbocycles. The van der Waals surface area contributed by atoms with E-state index in [0.29, 0.717) is 0 Å². The molecule has 0 spiro atoms. The number of hydrogen-bond donors (Lipinski definition) is 1. The maximum atomic E-state index is 5.78. The van der Waals surface area contributed by atoms with Gasteiger partial charge in [-0.05, 0) is 50.5 Å². The van der Waals surface area contributed by atoms with E-state index in [-0.39, 0.29) is 0 Å². The fraction of sp³-hybridized carbons (Fsp3) is 0.353. The second-order valence-electron chi connectivity index (χ2n) is 5.69. The number of anilines is 2. The molecule has 0 saturated heterocycles. The standard InChI is InChI=1S/C17H21N3O/c1-11-8-9-20(17-19-12(2)13(3)21-17)10-16(11)14-4-6-15(18)7-5-14/h4-7H,8-10,18H2,1-3H3. The van der Waals surface area contributed by atoms with E-state index in [1.54, 1.807) is 0 Å². The van der Waals surface area contributed by atoms with E-state index in [0.717, 1.165) is 42.7 Å². The Kier molecular flexibility index (Phi) is 3.45. The van der Waals surface area contributed by atoms with Crippen molar-refractivity contribution in [2.24, 2.45) is 0 Å². The zero-order chi connectivity index (χ0) is 15.0. The normalized spacial score (nSPS) is 15.7. The summed E-state index contributed by atoms with van der Waals surface area (Å²) in [5.41, 5.74) is 11.5. The van der Waals surface area contributed by atoms with Gasteiger partial charge in [0.2, 0.25) is 0 Å². The van der Waals surface area contributed by atoms with Crippen molar-refractivity contribution in [2.45, 2.75) is 27.2 Å². The number of rotatable bonds is 2.